The first-order valence-electron chi connectivity index (χ1n) is 10.1. The number of methoxy groups -OCH3 is 2. The Balaban J connectivity index is 2.20. The van der Waals surface area contributed by atoms with E-state index in [1.54, 1.807) is 7.11 Å². The molecule has 162 valence electrons. The van der Waals surface area contributed by atoms with Crippen molar-refractivity contribution in [1.29, 1.82) is 0 Å². The summed E-state index contributed by atoms with van der Waals surface area (Å²) in [6.07, 6.45) is 5.24. The Morgan fingerprint density at radius 1 is 1.17 bits per heavy atom. The molecule has 1 aromatic heterocycles. The van der Waals surface area contributed by atoms with Gasteiger partial charge in [-0.1, -0.05) is 13.8 Å². The number of hydrogen-bond donors (Lipinski definition) is 1. The average Bonchev–Trinajstić information content (AvgIpc) is 2.73. The highest BCUT2D eigenvalue weighted by Crippen LogP contribution is 2.26. The molecule has 0 aliphatic carbocycles. The number of hydrogen-bond acceptors (Lipinski definition) is 8. The lowest BCUT2D eigenvalue weighted by atomic mass is 10.0. The van der Waals surface area contributed by atoms with Crippen molar-refractivity contribution in [2.75, 3.05) is 45.4 Å². The summed E-state index contributed by atoms with van der Waals surface area (Å²) in [6.45, 7) is 6.39. The molecule has 1 saturated heterocycles. The zero-order valence-corrected chi connectivity index (χ0v) is 17.8. The van der Waals surface area contributed by atoms with Crippen molar-refractivity contribution in [2.45, 2.75) is 45.6 Å². The molecule has 1 fully saturated rings. The van der Waals surface area contributed by atoms with Crippen LogP contribution in [0, 0.1) is 5.92 Å². The molecule has 0 bridgehead atoms. The Kier molecular flexibility index (Phi) is 9.11. The Morgan fingerprint density at radius 2 is 1.90 bits per heavy atom. The van der Waals surface area contributed by atoms with Crippen molar-refractivity contribution in [3.05, 3.63) is 11.9 Å². The van der Waals surface area contributed by atoms with Gasteiger partial charge in [0.2, 0.25) is 0 Å². The third kappa shape index (κ3) is 6.85. The van der Waals surface area contributed by atoms with Crippen LogP contribution < -0.4 is 15.0 Å². The molecule has 0 radical (unpaired) electrons. The van der Waals surface area contributed by atoms with Crippen molar-refractivity contribution < 1.29 is 23.8 Å². The summed E-state index contributed by atoms with van der Waals surface area (Å²) >= 11 is 0. The van der Waals surface area contributed by atoms with Crippen LogP contribution in [-0.2, 0) is 14.3 Å². The first-order chi connectivity index (χ1) is 14.0. The summed E-state index contributed by atoms with van der Waals surface area (Å²) < 4.78 is 15.6. The van der Waals surface area contributed by atoms with Crippen LogP contribution in [0.4, 0.5) is 5.82 Å². The molecular formula is C20H32N4O5. The Hall–Kier alpha value is -2.42. The number of anilines is 1. The summed E-state index contributed by atoms with van der Waals surface area (Å²) in [5.74, 6) is 0.163. The molecule has 1 atom stereocenters. The van der Waals surface area contributed by atoms with Gasteiger partial charge < -0.3 is 24.4 Å². The van der Waals surface area contributed by atoms with Gasteiger partial charge in [-0.3, -0.25) is 4.79 Å². The molecule has 1 aliphatic rings. The zero-order valence-electron chi connectivity index (χ0n) is 17.8. The van der Waals surface area contributed by atoms with Crippen LogP contribution in [0.5, 0.6) is 5.88 Å². The smallest absolute Gasteiger partial charge is 0.328 e. The number of carbonyl (C=O) groups is 2. The van der Waals surface area contributed by atoms with E-state index in [0.717, 1.165) is 25.9 Å². The van der Waals surface area contributed by atoms with E-state index in [2.05, 4.69) is 20.2 Å². The van der Waals surface area contributed by atoms with Gasteiger partial charge in [0.15, 0.2) is 11.5 Å². The molecular weight excluding hydrogens is 376 g/mol. The Bertz CT molecular complexity index is 677. The summed E-state index contributed by atoms with van der Waals surface area (Å²) in [6, 6.07) is -0.742. The second-order valence-corrected chi connectivity index (χ2v) is 7.45. The van der Waals surface area contributed by atoms with Crippen LogP contribution in [0.3, 0.4) is 0 Å². The molecule has 9 heteroatoms. The summed E-state index contributed by atoms with van der Waals surface area (Å²) in [5, 5.41) is 2.70. The highest BCUT2D eigenvalue weighted by Gasteiger charge is 2.25. The van der Waals surface area contributed by atoms with Gasteiger partial charge in [0.1, 0.15) is 12.6 Å². The lowest BCUT2D eigenvalue weighted by molar-refractivity contribution is -0.143. The van der Waals surface area contributed by atoms with Gasteiger partial charge >= 0.3 is 5.97 Å². The largest absolute Gasteiger partial charge is 0.473 e. The van der Waals surface area contributed by atoms with E-state index in [-0.39, 0.29) is 11.6 Å². The molecule has 0 saturated carbocycles. The maximum atomic E-state index is 12.7. The second kappa shape index (κ2) is 11.5. The lowest BCUT2D eigenvalue weighted by Crippen LogP contribution is -2.42. The normalized spacial score (nSPS) is 15.1. The molecule has 0 aromatic carbocycles. The highest BCUT2D eigenvalue weighted by atomic mass is 16.5. The van der Waals surface area contributed by atoms with E-state index in [1.807, 2.05) is 13.8 Å². The number of esters is 1. The van der Waals surface area contributed by atoms with Gasteiger partial charge in [0.25, 0.3) is 11.8 Å². The maximum Gasteiger partial charge on any atom is 0.328 e. The molecule has 29 heavy (non-hydrogen) atoms. The minimum absolute atomic E-state index is 0.0934. The minimum atomic E-state index is -0.742. The van der Waals surface area contributed by atoms with Crippen molar-refractivity contribution in [1.82, 2.24) is 15.3 Å². The van der Waals surface area contributed by atoms with Crippen molar-refractivity contribution in [3.63, 3.8) is 0 Å². The maximum absolute atomic E-state index is 12.7. The summed E-state index contributed by atoms with van der Waals surface area (Å²) in [4.78, 5) is 35.7. The number of rotatable bonds is 10. The molecule has 2 heterocycles. The number of aromatic nitrogens is 2. The number of amides is 1. The van der Waals surface area contributed by atoms with E-state index < -0.39 is 17.9 Å². The molecule has 2 rings (SSSR count). The van der Waals surface area contributed by atoms with Crippen molar-refractivity contribution >= 4 is 17.7 Å². The number of ether oxygens (including phenoxy) is 3. The van der Waals surface area contributed by atoms with E-state index >= 15 is 0 Å². The molecule has 9 nitrogen and oxygen atoms in total. The average molecular weight is 408 g/mol. The fourth-order valence-electron chi connectivity index (χ4n) is 3.18. The third-order valence-corrected chi connectivity index (χ3v) is 4.64. The fraction of sp³-hybridized carbons (Fsp3) is 0.700. The summed E-state index contributed by atoms with van der Waals surface area (Å²) in [5.41, 5.74) is 0.0934. The topological polar surface area (TPSA) is 103 Å². The number of piperidine rings is 1. The van der Waals surface area contributed by atoms with Crippen LogP contribution >= 0.6 is 0 Å². The van der Waals surface area contributed by atoms with Gasteiger partial charge in [-0.15, -0.1) is 0 Å². The number of nitrogens with zero attached hydrogens (tertiary/aromatic N) is 3. The predicted octanol–water partition coefficient (Wildman–Crippen LogP) is 1.81. The van der Waals surface area contributed by atoms with E-state index in [4.69, 9.17) is 14.2 Å². The van der Waals surface area contributed by atoms with Gasteiger partial charge in [0, 0.05) is 20.2 Å². The quantitative estimate of drug-likeness (QED) is 0.462. The predicted molar refractivity (Wildman–Crippen MR) is 108 cm³/mol. The van der Waals surface area contributed by atoms with E-state index in [1.165, 1.54) is 19.7 Å². The van der Waals surface area contributed by atoms with E-state index in [0.29, 0.717) is 31.3 Å². The Labute approximate surface area is 172 Å². The van der Waals surface area contributed by atoms with E-state index in [9.17, 15) is 9.59 Å². The standard InChI is InChI=1S/C20H32N4O5/c1-14(2)12-15(20(26)28-4)22-18(25)16-13-21-17(24-8-6-5-7-9-24)19(23-16)29-11-10-27-3/h13-15H,5-12H2,1-4H3,(H,22,25). The third-order valence-electron chi connectivity index (χ3n) is 4.64. The second-order valence-electron chi connectivity index (χ2n) is 7.45. The molecule has 1 amide bonds. The number of carbonyl (C=O) groups excluding carboxylic acids is 2. The monoisotopic (exact) mass is 408 g/mol. The first kappa shape index (κ1) is 22.9. The zero-order chi connectivity index (χ0) is 21.2. The van der Waals surface area contributed by atoms with Crippen molar-refractivity contribution in [2.24, 2.45) is 5.92 Å². The molecule has 0 spiro atoms. The molecule has 1 aliphatic heterocycles. The van der Waals surface area contributed by atoms with Crippen LogP contribution in [0.1, 0.15) is 50.0 Å². The Morgan fingerprint density at radius 3 is 2.52 bits per heavy atom. The molecule has 1 aromatic rings. The fourth-order valence-corrected chi connectivity index (χ4v) is 3.18. The van der Waals surface area contributed by atoms with Crippen LogP contribution in [0.15, 0.2) is 6.20 Å². The van der Waals surface area contributed by atoms with Crippen LogP contribution in [-0.4, -0.2) is 68.4 Å². The van der Waals surface area contributed by atoms with Crippen molar-refractivity contribution in [3.8, 4) is 5.88 Å². The van der Waals surface area contributed by atoms with Gasteiger partial charge in [-0.25, -0.2) is 14.8 Å². The first-order valence-corrected chi connectivity index (χ1v) is 10.1. The van der Waals surface area contributed by atoms with Gasteiger partial charge in [-0.05, 0) is 31.6 Å². The SMILES string of the molecule is COCCOc1nc(C(=O)NC(CC(C)C)C(=O)OC)cnc1N1CCCCC1. The highest BCUT2D eigenvalue weighted by molar-refractivity contribution is 5.95. The lowest BCUT2D eigenvalue weighted by Gasteiger charge is -2.28. The minimum Gasteiger partial charge on any atom is -0.473 e. The molecule has 1 unspecified atom stereocenters. The van der Waals surface area contributed by atoms with Crippen LogP contribution in [0.2, 0.25) is 0 Å². The summed E-state index contributed by atoms with van der Waals surface area (Å²) in [7, 11) is 2.89. The number of nitrogens with one attached hydrogen (secondary N) is 1. The van der Waals surface area contributed by atoms with Gasteiger partial charge in [0.05, 0.1) is 19.9 Å². The van der Waals surface area contributed by atoms with Crippen LogP contribution in [0.25, 0.3) is 0 Å². The van der Waals surface area contributed by atoms with Gasteiger partial charge in [-0.2, -0.15) is 0 Å². The molecule has 1 N–H and O–H groups in total.